The molecule has 25 heavy (non-hydrogen) atoms. The summed E-state index contributed by atoms with van der Waals surface area (Å²) in [6.45, 7) is 1.99. The molecule has 6 heteroatoms. The summed E-state index contributed by atoms with van der Waals surface area (Å²) in [6.07, 6.45) is 1.88. The molecule has 0 bridgehead atoms. The monoisotopic (exact) mass is 395 g/mol. The maximum Gasteiger partial charge on any atom is 0.292 e. The van der Waals surface area contributed by atoms with Crippen molar-refractivity contribution in [2.75, 3.05) is 5.32 Å². The average molecular weight is 396 g/mol. The van der Waals surface area contributed by atoms with E-state index < -0.39 is 0 Å². The van der Waals surface area contributed by atoms with Crippen molar-refractivity contribution in [3.63, 3.8) is 0 Å². The summed E-state index contributed by atoms with van der Waals surface area (Å²) < 4.78 is 7.74. The van der Waals surface area contributed by atoms with Gasteiger partial charge in [0, 0.05) is 11.8 Å². The molecule has 1 aromatic carbocycles. The Labute approximate surface area is 152 Å². The molecule has 4 rings (SSSR count). The summed E-state index contributed by atoms with van der Waals surface area (Å²) in [5.74, 6) is 0.516. The van der Waals surface area contributed by atoms with Gasteiger partial charge in [0.05, 0.1) is 0 Å². The highest BCUT2D eigenvalue weighted by atomic mass is 79.9. The number of fused-ring (bicyclic) bond motifs is 1. The molecule has 0 radical (unpaired) electrons. The Balaban J connectivity index is 1.86. The lowest BCUT2D eigenvalue weighted by Gasteiger charge is -2.07. The number of rotatable bonds is 3. The van der Waals surface area contributed by atoms with Crippen LogP contribution in [0.25, 0.3) is 16.9 Å². The van der Waals surface area contributed by atoms with Gasteiger partial charge in [-0.3, -0.25) is 9.20 Å². The van der Waals surface area contributed by atoms with Gasteiger partial charge in [0.1, 0.15) is 17.2 Å². The zero-order chi connectivity index (χ0) is 17.4. The summed E-state index contributed by atoms with van der Waals surface area (Å²) in [7, 11) is 0. The molecule has 5 nitrogen and oxygen atoms in total. The number of nitrogens with one attached hydrogen (secondary N) is 1. The highest BCUT2D eigenvalue weighted by Gasteiger charge is 2.19. The molecule has 0 aliphatic heterocycles. The van der Waals surface area contributed by atoms with Crippen molar-refractivity contribution >= 4 is 33.3 Å². The predicted octanol–water partition coefficient (Wildman–Crippen LogP) is 4.92. The molecule has 1 amide bonds. The molecule has 1 N–H and O–H groups in total. The molecular weight excluding hydrogens is 382 g/mol. The van der Waals surface area contributed by atoms with E-state index in [0.29, 0.717) is 16.2 Å². The lowest BCUT2D eigenvalue weighted by Crippen LogP contribution is -2.13. The van der Waals surface area contributed by atoms with E-state index in [1.165, 1.54) is 0 Å². The predicted molar refractivity (Wildman–Crippen MR) is 99.7 cm³/mol. The molecular formula is C19H14BrN3O2. The molecule has 3 heterocycles. The van der Waals surface area contributed by atoms with E-state index >= 15 is 0 Å². The Kier molecular flexibility index (Phi) is 3.89. The number of carbonyl (C=O) groups is 1. The molecule has 124 valence electrons. The van der Waals surface area contributed by atoms with Crippen molar-refractivity contribution in [2.24, 2.45) is 0 Å². The molecule has 0 saturated carbocycles. The van der Waals surface area contributed by atoms with Crippen LogP contribution in [0.3, 0.4) is 0 Å². The lowest BCUT2D eigenvalue weighted by molar-refractivity contribution is 0.0995. The third kappa shape index (κ3) is 2.85. The second-order valence-corrected chi connectivity index (χ2v) is 6.40. The molecule has 4 aromatic rings. The smallest absolute Gasteiger partial charge is 0.292 e. The molecule has 0 unspecified atom stereocenters. The van der Waals surface area contributed by atoms with Crippen molar-refractivity contribution in [3.05, 3.63) is 76.8 Å². The minimum Gasteiger partial charge on any atom is -0.444 e. The van der Waals surface area contributed by atoms with Crippen LogP contribution in [0, 0.1) is 6.92 Å². The average Bonchev–Trinajstić information content (AvgIpc) is 3.21. The van der Waals surface area contributed by atoms with E-state index in [0.717, 1.165) is 16.8 Å². The van der Waals surface area contributed by atoms with Gasteiger partial charge in [0.2, 0.25) is 0 Å². The molecule has 0 atom stereocenters. The Morgan fingerprint density at radius 3 is 2.64 bits per heavy atom. The molecule has 0 aliphatic rings. The topological polar surface area (TPSA) is 59.5 Å². The normalized spacial score (nSPS) is 11.0. The summed E-state index contributed by atoms with van der Waals surface area (Å²) in [4.78, 5) is 17.3. The SMILES string of the molecule is Cc1cccn2c(NC(=O)c3ccc(Br)o3)c(-c3ccccc3)nc12. The van der Waals surface area contributed by atoms with Crippen LogP contribution in [0.4, 0.5) is 5.82 Å². The number of amides is 1. The third-order valence-electron chi connectivity index (χ3n) is 3.92. The quantitative estimate of drug-likeness (QED) is 0.535. The number of aryl methyl sites for hydroxylation is 1. The second-order valence-electron chi connectivity index (χ2n) is 5.62. The van der Waals surface area contributed by atoms with E-state index in [1.807, 2.05) is 60.0 Å². The van der Waals surface area contributed by atoms with Crippen LogP contribution in [0.5, 0.6) is 0 Å². The number of furan rings is 1. The summed E-state index contributed by atoms with van der Waals surface area (Å²) in [5.41, 5.74) is 3.48. The van der Waals surface area contributed by atoms with E-state index in [1.54, 1.807) is 12.1 Å². The Bertz CT molecular complexity index is 1070. The summed E-state index contributed by atoms with van der Waals surface area (Å²) in [6, 6.07) is 17.0. The summed E-state index contributed by atoms with van der Waals surface area (Å²) in [5, 5.41) is 2.94. The van der Waals surface area contributed by atoms with Crippen molar-refractivity contribution in [1.82, 2.24) is 9.38 Å². The van der Waals surface area contributed by atoms with Crippen molar-refractivity contribution in [2.45, 2.75) is 6.92 Å². The first-order valence-electron chi connectivity index (χ1n) is 7.73. The maximum absolute atomic E-state index is 12.6. The minimum atomic E-state index is -0.328. The van der Waals surface area contributed by atoms with Gasteiger partial charge < -0.3 is 9.73 Å². The van der Waals surface area contributed by atoms with Crippen LogP contribution in [0.1, 0.15) is 16.1 Å². The largest absolute Gasteiger partial charge is 0.444 e. The van der Waals surface area contributed by atoms with Crippen LogP contribution in [0.15, 0.2) is 69.9 Å². The van der Waals surface area contributed by atoms with Gasteiger partial charge in [0.25, 0.3) is 5.91 Å². The van der Waals surface area contributed by atoms with E-state index in [9.17, 15) is 4.79 Å². The number of hydrogen-bond acceptors (Lipinski definition) is 3. The molecule has 0 aliphatic carbocycles. The zero-order valence-electron chi connectivity index (χ0n) is 13.4. The van der Waals surface area contributed by atoms with Crippen molar-refractivity contribution in [3.8, 4) is 11.3 Å². The third-order valence-corrected chi connectivity index (χ3v) is 4.35. The van der Waals surface area contributed by atoms with Crippen molar-refractivity contribution in [1.29, 1.82) is 0 Å². The van der Waals surface area contributed by atoms with Gasteiger partial charge in [-0.15, -0.1) is 0 Å². The van der Waals surface area contributed by atoms with Crippen molar-refractivity contribution < 1.29 is 9.21 Å². The first kappa shape index (κ1) is 15.7. The standard InChI is InChI=1S/C19H14BrN3O2/c1-12-6-5-11-23-17(12)21-16(13-7-3-2-4-8-13)18(23)22-19(24)14-9-10-15(20)25-14/h2-11H,1H3,(H,22,24). The fourth-order valence-corrected chi connectivity index (χ4v) is 3.03. The number of carbonyl (C=O) groups excluding carboxylic acids is 1. The Hall–Kier alpha value is -2.86. The number of benzene rings is 1. The van der Waals surface area contributed by atoms with Gasteiger partial charge >= 0.3 is 0 Å². The highest BCUT2D eigenvalue weighted by Crippen LogP contribution is 2.30. The fourth-order valence-electron chi connectivity index (χ4n) is 2.73. The van der Waals surface area contributed by atoms with Crippen LogP contribution in [-0.4, -0.2) is 15.3 Å². The van der Waals surface area contributed by atoms with E-state index in [4.69, 9.17) is 9.40 Å². The molecule has 3 aromatic heterocycles. The second kappa shape index (κ2) is 6.22. The van der Waals surface area contributed by atoms with Gasteiger partial charge in [-0.25, -0.2) is 4.98 Å². The number of nitrogens with zero attached hydrogens (tertiary/aromatic N) is 2. The number of halogens is 1. The number of anilines is 1. The van der Waals surface area contributed by atoms with E-state index in [-0.39, 0.29) is 11.7 Å². The number of hydrogen-bond donors (Lipinski definition) is 1. The maximum atomic E-state index is 12.6. The van der Waals surface area contributed by atoms with Crippen LogP contribution >= 0.6 is 15.9 Å². The molecule has 0 fully saturated rings. The van der Waals surface area contributed by atoms with Gasteiger partial charge in [-0.2, -0.15) is 0 Å². The number of imidazole rings is 1. The Morgan fingerprint density at radius 1 is 1.12 bits per heavy atom. The fraction of sp³-hybridized carbons (Fsp3) is 0.0526. The van der Waals surface area contributed by atoms with Crippen LogP contribution in [0.2, 0.25) is 0 Å². The first-order chi connectivity index (χ1) is 12.1. The van der Waals surface area contributed by atoms with Gasteiger partial charge in [-0.05, 0) is 46.6 Å². The molecule has 0 spiro atoms. The number of pyridine rings is 1. The summed E-state index contributed by atoms with van der Waals surface area (Å²) >= 11 is 3.21. The molecule has 0 saturated heterocycles. The van der Waals surface area contributed by atoms with Gasteiger partial charge in [-0.1, -0.05) is 36.4 Å². The zero-order valence-corrected chi connectivity index (χ0v) is 14.9. The van der Waals surface area contributed by atoms with E-state index in [2.05, 4.69) is 21.2 Å². The highest BCUT2D eigenvalue weighted by molar-refractivity contribution is 9.10. The first-order valence-corrected chi connectivity index (χ1v) is 8.52. The minimum absolute atomic E-state index is 0.230. The Morgan fingerprint density at radius 2 is 1.92 bits per heavy atom. The van der Waals surface area contributed by atoms with Crippen LogP contribution in [-0.2, 0) is 0 Å². The van der Waals surface area contributed by atoms with Gasteiger partial charge in [0.15, 0.2) is 10.4 Å². The van der Waals surface area contributed by atoms with Crippen LogP contribution < -0.4 is 5.32 Å². The number of aromatic nitrogens is 2. The lowest BCUT2D eigenvalue weighted by atomic mass is 10.1.